The summed E-state index contributed by atoms with van der Waals surface area (Å²) in [6.07, 6.45) is 2.70. The van der Waals surface area contributed by atoms with Gasteiger partial charge in [-0.15, -0.1) is 0 Å². The number of aromatic nitrogens is 1. The van der Waals surface area contributed by atoms with Crippen molar-refractivity contribution < 1.29 is 0 Å². The molecule has 1 saturated heterocycles. The minimum atomic E-state index is 0.833. The second-order valence-corrected chi connectivity index (χ2v) is 5.48. The van der Waals surface area contributed by atoms with E-state index in [1.54, 1.807) is 0 Å². The average Bonchev–Trinajstić information content (AvgIpc) is 2.39. The molecule has 1 aliphatic rings. The van der Waals surface area contributed by atoms with Crippen molar-refractivity contribution in [3.05, 3.63) is 42.1 Å². The highest BCUT2D eigenvalue weighted by molar-refractivity contribution is 5.78. The fraction of sp³-hybridized carbons (Fsp3) is 0.438. The third-order valence-electron chi connectivity index (χ3n) is 3.78. The van der Waals surface area contributed by atoms with Crippen molar-refractivity contribution in [2.75, 3.05) is 13.1 Å². The highest BCUT2D eigenvalue weighted by Crippen LogP contribution is 2.18. The Hall–Kier alpha value is -1.41. The molecular weight excluding hydrogens is 220 g/mol. The highest BCUT2D eigenvalue weighted by atomic mass is 15.1. The maximum atomic E-state index is 4.75. The van der Waals surface area contributed by atoms with E-state index >= 15 is 0 Å². The van der Waals surface area contributed by atoms with Crippen molar-refractivity contribution in [2.45, 2.75) is 26.3 Å². The fourth-order valence-corrected chi connectivity index (χ4v) is 2.86. The molecule has 0 spiro atoms. The van der Waals surface area contributed by atoms with Crippen LogP contribution in [0.5, 0.6) is 0 Å². The molecule has 0 N–H and O–H groups in total. The Balaban J connectivity index is 1.78. The summed E-state index contributed by atoms with van der Waals surface area (Å²) in [7, 11) is 0. The molecule has 2 aromatic rings. The zero-order valence-corrected chi connectivity index (χ0v) is 11.0. The van der Waals surface area contributed by atoms with Crippen LogP contribution in [-0.4, -0.2) is 23.0 Å². The van der Waals surface area contributed by atoms with Gasteiger partial charge >= 0.3 is 0 Å². The maximum absolute atomic E-state index is 4.75. The van der Waals surface area contributed by atoms with E-state index in [1.165, 1.54) is 37.0 Å². The van der Waals surface area contributed by atoms with Crippen LogP contribution in [-0.2, 0) is 6.54 Å². The number of fused-ring (bicyclic) bond motifs is 1. The summed E-state index contributed by atoms with van der Waals surface area (Å²) in [6, 6.07) is 12.7. The molecule has 0 aliphatic carbocycles. The number of piperidine rings is 1. The van der Waals surface area contributed by atoms with Gasteiger partial charge in [0.1, 0.15) is 0 Å². The van der Waals surface area contributed by atoms with Crippen LogP contribution in [0.1, 0.15) is 25.5 Å². The van der Waals surface area contributed by atoms with Crippen molar-refractivity contribution in [2.24, 2.45) is 5.92 Å². The molecule has 1 atom stereocenters. The van der Waals surface area contributed by atoms with Crippen molar-refractivity contribution >= 4 is 10.9 Å². The molecule has 2 heterocycles. The first-order valence-electron chi connectivity index (χ1n) is 6.88. The zero-order chi connectivity index (χ0) is 12.4. The van der Waals surface area contributed by atoms with E-state index in [4.69, 9.17) is 4.98 Å². The van der Waals surface area contributed by atoms with E-state index in [0.29, 0.717) is 0 Å². The summed E-state index contributed by atoms with van der Waals surface area (Å²) in [5, 5.41) is 1.23. The Labute approximate surface area is 109 Å². The van der Waals surface area contributed by atoms with Crippen LogP contribution >= 0.6 is 0 Å². The first kappa shape index (κ1) is 11.7. The predicted molar refractivity (Wildman–Crippen MR) is 75.4 cm³/mol. The number of para-hydroxylation sites is 1. The Kier molecular flexibility index (Phi) is 3.28. The monoisotopic (exact) mass is 240 g/mol. The lowest BCUT2D eigenvalue weighted by atomic mass is 10.0. The number of hydrogen-bond acceptors (Lipinski definition) is 2. The molecule has 3 rings (SSSR count). The molecule has 1 aliphatic heterocycles. The molecule has 0 bridgehead atoms. The first-order chi connectivity index (χ1) is 8.81. The second-order valence-electron chi connectivity index (χ2n) is 5.48. The second kappa shape index (κ2) is 5.07. The van der Waals surface area contributed by atoms with Crippen LogP contribution < -0.4 is 0 Å². The van der Waals surface area contributed by atoms with Crippen LogP contribution in [0.25, 0.3) is 10.9 Å². The molecule has 18 heavy (non-hydrogen) atoms. The smallest absolute Gasteiger partial charge is 0.0705 e. The Morgan fingerprint density at radius 2 is 2.11 bits per heavy atom. The Morgan fingerprint density at radius 1 is 1.22 bits per heavy atom. The molecule has 2 nitrogen and oxygen atoms in total. The molecule has 0 amide bonds. The first-order valence-corrected chi connectivity index (χ1v) is 6.88. The molecule has 2 heteroatoms. The van der Waals surface area contributed by atoms with Crippen molar-refractivity contribution in [3.8, 4) is 0 Å². The standard InChI is InChI=1S/C16H20N2/c1-13-5-4-10-18(11-13)12-15-9-8-14-6-2-3-7-16(14)17-15/h2-3,6-9,13H,4-5,10-12H2,1H3. The third-order valence-corrected chi connectivity index (χ3v) is 3.78. The van der Waals surface area contributed by atoms with Gasteiger partial charge in [0.25, 0.3) is 0 Å². The largest absolute Gasteiger partial charge is 0.297 e. The number of pyridine rings is 1. The summed E-state index contributed by atoms with van der Waals surface area (Å²) >= 11 is 0. The van der Waals surface area contributed by atoms with Crippen LogP contribution in [0.2, 0.25) is 0 Å². The van der Waals surface area contributed by atoms with Gasteiger partial charge in [-0.2, -0.15) is 0 Å². The number of hydrogen-bond donors (Lipinski definition) is 0. The topological polar surface area (TPSA) is 16.1 Å². The minimum Gasteiger partial charge on any atom is -0.297 e. The fourth-order valence-electron chi connectivity index (χ4n) is 2.86. The summed E-state index contributed by atoms with van der Waals surface area (Å²) in [6.45, 7) is 5.78. The maximum Gasteiger partial charge on any atom is 0.0705 e. The summed E-state index contributed by atoms with van der Waals surface area (Å²) in [4.78, 5) is 7.29. The van der Waals surface area contributed by atoms with Gasteiger partial charge in [-0.25, -0.2) is 0 Å². The predicted octanol–water partition coefficient (Wildman–Crippen LogP) is 3.47. The molecule has 0 radical (unpaired) electrons. The quantitative estimate of drug-likeness (QED) is 0.799. The highest BCUT2D eigenvalue weighted by Gasteiger charge is 2.16. The SMILES string of the molecule is CC1CCCN(Cc2ccc3ccccc3n2)C1. The van der Waals surface area contributed by atoms with Gasteiger partial charge in [0, 0.05) is 18.5 Å². The average molecular weight is 240 g/mol. The molecule has 1 aromatic carbocycles. The zero-order valence-electron chi connectivity index (χ0n) is 11.0. The van der Waals surface area contributed by atoms with Gasteiger partial charge in [-0.3, -0.25) is 9.88 Å². The van der Waals surface area contributed by atoms with Crippen molar-refractivity contribution in [1.82, 2.24) is 9.88 Å². The van der Waals surface area contributed by atoms with Crippen LogP contribution in [0.15, 0.2) is 36.4 Å². The Bertz CT molecular complexity index is 535. The molecule has 1 aromatic heterocycles. The molecule has 94 valence electrons. The van der Waals surface area contributed by atoms with E-state index < -0.39 is 0 Å². The molecule has 1 fully saturated rings. The summed E-state index contributed by atoms with van der Waals surface area (Å²) in [5.74, 6) is 0.833. The van der Waals surface area contributed by atoms with Gasteiger partial charge in [-0.05, 0) is 37.4 Å². The minimum absolute atomic E-state index is 0.833. The van der Waals surface area contributed by atoms with E-state index in [-0.39, 0.29) is 0 Å². The molecule has 0 saturated carbocycles. The van der Waals surface area contributed by atoms with Crippen molar-refractivity contribution in [3.63, 3.8) is 0 Å². The number of nitrogens with zero attached hydrogens (tertiary/aromatic N) is 2. The van der Waals surface area contributed by atoms with Crippen LogP contribution in [0.3, 0.4) is 0 Å². The lowest BCUT2D eigenvalue weighted by Gasteiger charge is -2.30. The van der Waals surface area contributed by atoms with E-state index in [0.717, 1.165) is 18.0 Å². The normalized spacial score (nSPS) is 21.3. The third kappa shape index (κ3) is 2.54. The van der Waals surface area contributed by atoms with E-state index in [1.807, 2.05) is 0 Å². The number of rotatable bonds is 2. The molecular formula is C16H20N2. The lowest BCUT2D eigenvalue weighted by Crippen LogP contribution is -2.33. The summed E-state index contributed by atoms with van der Waals surface area (Å²) < 4.78 is 0. The van der Waals surface area contributed by atoms with Gasteiger partial charge in [0.05, 0.1) is 11.2 Å². The van der Waals surface area contributed by atoms with Crippen LogP contribution in [0, 0.1) is 5.92 Å². The van der Waals surface area contributed by atoms with Crippen molar-refractivity contribution in [1.29, 1.82) is 0 Å². The van der Waals surface area contributed by atoms with Gasteiger partial charge in [0.15, 0.2) is 0 Å². The van der Waals surface area contributed by atoms with Gasteiger partial charge < -0.3 is 0 Å². The van der Waals surface area contributed by atoms with E-state index in [2.05, 4.69) is 48.2 Å². The van der Waals surface area contributed by atoms with E-state index in [9.17, 15) is 0 Å². The van der Waals surface area contributed by atoms with Gasteiger partial charge in [-0.1, -0.05) is 31.2 Å². The summed E-state index contributed by atoms with van der Waals surface area (Å²) in [5.41, 5.74) is 2.31. The van der Waals surface area contributed by atoms with Gasteiger partial charge in [0.2, 0.25) is 0 Å². The lowest BCUT2D eigenvalue weighted by molar-refractivity contribution is 0.175. The Morgan fingerprint density at radius 3 is 3.00 bits per heavy atom. The number of benzene rings is 1. The molecule has 1 unspecified atom stereocenters. The van der Waals surface area contributed by atoms with Crippen LogP contribution in [0.4, 0.5) is 0 Å². The number of likely N-dealkylation sites (tertiary alicyclic amines) is 1.